The van der Waals surface area contributed by atoms with Crippen molar-refractivity contribution in [3.8, 4) is 22.5 Å². The number of hydrogen-bond acceptors (Lipinski definition) is 7. The average molecular weight is 547 g/mol. The minimum Gasteiger partial charge on any atom is -0.337 e. The number of pyridine rings is 1. The number of carbonyl (C=O) groups excluding carboxylic acids is 1. The topological polar surface area (TPSA) is 127 Å². The van der Waals surface area contributed by atoms with Gasteiger partial charge >= 0.3 is 11.8 Å². The van der Waals surface area contributed by atoms with Gasteiger partial charge in [0, 0.05) is 28.9 Å². The van der Waals surface area contributed by atoms with E-state index in [-0.39, 0.29) is 23.4 Å². The lowest BCUT2D eigenvalue weighted by molar-refractivity contribution is 0.0900. The lowest BCUT2D eigenvalue weighted by Gasteiger charge is -2.17. The fraction of sp³-hybridized carbons (Fsp3) is 0.290. The van der Waals surface area contributed by atoms with Gasteiger partial charge in [0.05, 0.1) is 23.3 Å². The quantitative estimate of drug-likeness (QED) is 0.273. The lowest BCUT2D eigenvalue weighted by atomic mass is 9.95. The lowest BCUT2D eigenvalue weighted by Crippen LogP contribution is -2.28. The Morgan fingerprint density at radius 3 is 2.80 bits per heavy atom. The van der Waals surface area contributed by atoms with Crippen molar-refractivity contribution in [1.82, 2.24) is 40.2 Å². The molecule has 2 aliphatic carbocycles. The molecule has 0 aliphatic heterocycles. The van der Waals surface area contributed by atoms with Gasteiger partial charge in [-0.05, 0) is 62.4 Å². The van der Waals surface area contributed by atoms with Crippen LogP contribution in [0.3, 0.4) is 0 Å². The van der Waals surface area contributed by atoms with Crippen LogP contribution in [0.5, 0.6) is 0 Å². The number of aromatic nitrogens is 7. The number of hydrogen-bond donors (Lipinski definition) is 2. The van der Waals surface area contributed by atoms with E-state index in [2.05, 4.69) is 70.4 Å². The van der Waals surface area contributed by atoms with Crippen LogP contribution in [0, 0.1) is 6.92 Å². The van der Waals surface area contributed by atoms with Gasteiger partial charge in [0.2, 0.25) is 0 Å². The molecule has 0 radical (unpaired) electrons. The summed E-state index contributed by atoms with van der Waals surface area (Å²) in [7, 11) is 0. The van der Waals surface area contributed by atoms with Gasteiger partial charge in [-0.3, -0.25) is 9.48 Å². The van der Waals surface area contributed by atoms with Crippen LogP contribution in [0.4, 0.5) is 0 Å². The van der Waals surface area contributed by atoms with E-state index >= 15 is 0 Å². The number of fused-ring (bicyclic) bond motifs is 2. The highest BCUT2D eigenvalue weighted by atomic mass is 16.5. The molecule has 0 unspecified atom stereocenters. The SMILES string of the molecule is Cc1c(-c2nc3nccc(-c4ccc5c(c4)C=CC=C[C@@H]5NC(=O)c4nc(C5(C)CC5)no4)c3[nH]2)cnn1C(C)C. The van der Waals surface area contributed by atoms with Gasteiger partial charge in [0.25, 0.3) is 0 Å². The molecule has 10 nitrogen and oxygen atoms in total. The molecular weight excluding hydrogens is 516 g/mol. The molecule has 0 bridgehead atoms. The van der Waals surface area contributed by atoms with Crippen molar-refractivity contribution >= 4 is 23.1 Å². The standard InChI is InChI=1S/C31H30N8O2/c1-17(2)39-18(3)23(16-33-39)26-35-25-22(11-14-32-27(25)36-26)20-9-10-21-19(15-20)7-5-6-8-24(21)34-28(40)29-37-30(38-41-29)31(4)12-13-31/h5-11,14-17,24H,12-13H2,1-4H3,(H,34,40)(H,32,35,36)/t24-/m0/s1. The fourth-order valence-corrected chi connectivity index (χ4v) is 5.36. The molecular formula is C31H30N8O2. The number of aromatic amines is 1. The number of H-pyrrole nitrogens is 1. The molecule has 0 spiro atoms. The van der Waals surface area contributed by atoms with E-state index in [1.54, 1.807) is 6.20 Å². The summed E-state index contributed by atoms with van der Waals surface area (Å²) in [5.41, 5.74) is 7.40. The van der Waals surface area contributed by atoms with Crippen LogP contribution in [0.1, 0.15) is 79.0 Å². The van der Waals surface area contributed by atoms with E-state index in [9.17, 15) is 4.79 Å². The molecule has 1 atom stereocenters. The summed E-state index contributed by atoms with van der Waals surface area (Å²) in [6.45, 7) is 8.35. The molecule has 7 rings (SSSR count). The first-order chi connectivity index (χ1) is 19.8. The highest BCUT2D eigenvalue weighted by Crippen LogP contribution is 2.46. The second-order valence-corrected chi connectivity index (χ2v) is 11.3. The van der Waals surface area contributed by atoms with Gasteiger partial charge in [-0.2, -0.15) is 10.1 Å². The first-order valence-electron chi connectivity index (χ1n) is 13.8. The monoisotopic (exact) mass is 546 g/mol. The summed E-state index contributed by atoms with van der Waals surface area (Å²) < 4.78 is 7.28. The maximum Gasteiger partial charge on any atom is 0.315 e. The summed E-state index contributed by atoms with van der Waals surface area (Å²) in [6, 6.07) is 8.11. The molecule has 1 amide bonds. The van der Waals surface area contributed by atoms with E-state index < -0.39 is 5.91 Å². The molecule has 4 heterocycles. The van der Waals surface area contributed by atoms with Crippen LogP contribution < -0.4 is 5.32 Å². The van der Waals surface area contributed by atoms with Crippen LogP contribution in [0.15, 0.2) is 59.4 Å². The highest BCUT2D eigenvalue weighted by Gasteiger charge is 2.44. The molecule has 5 aromatic rings. The van der Waals surface area contributed by atoms with Crippen LogP contribution in [0.2, 0.25) is 0 Å². The van der Waals surface area contributed by atoms with Gasteiger partial charge in [-0.25, -0.2) is 9.97 Å². The predicted octanol–water partition coefficient (Wildman–Crippen LogP) is 5.87. The molecule has 41 heavy (non-hydrogen) atoms. The van der Waals surface area contributed by atoms with Crippen molar-refractivity contribution in [1.29, 1.82) is 0 Å². The van der Waals surface area contributed by atoms with Crippen molar-refractivity contribution in [2.45, 2.75) is 58.0 Å². The summed E-state index contributed by atoms with van der Waals surface area (Å²) >= 11 is 0. The van der Waals surface area contributed by atoms with Crippen molar-refractivity contribution in [2.75, 3.05) is 0 Å². The third-order valence-electron chi connectivity index (χ3n) is 8.05. The summed E-state index contributed by atoms with van der Waals surface area (Å²) in [5, 5.41) is 11.6. The number of amides is 1. The zero-order valence-electron chi connectivity index (χ0n) is 23.3. The number of imidazole rings is 1. The second-order valence-electron chi connectivity index (χ2n) is 11.3. The average Bonchev–Trinajstić information content (AvgIpc) is 3.30. The maximum atomic E-state index is 13.0. The zero-order chi connectivity index (χ0) is 28.3. The number of nitrogens with one attached hydrogen (secondary N) is 2. The largest absolute Gasteiger partial charge is 0.337 e. The fourth-order valence-electron chi connectivity index (χ4n) is 5.36. The van der Waals surface area contributed by atoms with E-state index in [1.807, 2.05) is 47.3 Å². The minimum atomic E-state index is -0.392. The Bertz CT molecular complexity index is 1870. The van der Waals surface area contributed by atoms with Crippen LogP contribution >= 0.6 is 0 Å². The van der Waals surface area contributed by atoms with E-state index in [0.29, 0.717) is 11.5 Å². The van der Waals surface area contributed by atoms with Gasteiger partial charge in [-0.15, -0.1) is 0 Å². The number of allylic oxidation sites excluding steroid dienone is 2. The number of carbonyl (C=O) groups is 1. The summed E-state index contributed by atoms with van der Waals surface area (Å²) in [6.07, 6.45) is 13.5. The van der Waals surface area contributed by atoms with Crippen LogP contribution in [-0.2, 0) is 5.41 Å². The van der Waals surface area contributed by atoms with Crippen molar-refractivity contribution < 1.29 is 9.32 Å². The molecule has 10 heteroatoms. The summed E-state index contributed by atoms with van der Waals surface area (Å²) in [5.74, 6) is 0.933. The smallest absolute Gasteiger partial charge is 0.315 e. The van der Waals surface area contributed by atoms with Gasteiger partial charge in [0.1, 0.15) is 5.82 Å². The van der Waals surface area contributed by atoms with E-state index in [0.717, 1.165) is 57.7 Å². The molecule has 2 aliphatic rings. The van der Waals surface area contributed by atoms with Crippen molar-refractivity contribution in [2.24, 2.45) is 0 Å². The molecule has 1 fully saturated rings. The normalized spacial score (nSPS) is 17.1. The number of rotatable bonds is 6. The first-order valence-corrected chi connectivity index (χ1v) is 13.8. The molecule has 1 saturated carbocycles. The number of benzene rings is 1. The summed E-state index contributed by atoms with van der Waals surface area (Å²) in [4.78, 5) is 30.2. The minimum absolute atomic E-state index is 0.0136. The third-order valence-corrected chi connectivity index (χ3v) is 8.05. The third kappa shape index (κ3) is 4.35. The Labute approximate surface area is 236 Å². The maximum absolute atomic E-state index is 13.0. The predicted molar refractivity (Wildman–Crippen MR) is 155 cm³/mol. The zero-order valence-corrected chi connectivity index (χ0v) is 23.3. The van der Waals surface area contributed by atoms with Gasteiger partial charge in [0.15, 0.2) is 11.5 Å². The molecule has 0 saturated heterocycles. The molecule has 2 N–H and O–H groups in total. The molecule has 4 aromatic heterocycles. The van der Waals surface area contributed by atoms with E-state index in [1.165, 1.54) is 0 Å². The first kappa shape index (κ1) is 25.1. The molecule has 1 aromatic carbocycles. The highest BCUT2D eigenvalue weighted by molar-refractivity contribution is 5.92. The molecule has 206 valence electrons. The Balaban J connectivity index is 1.20. The van der Waals surface area contributed by atoms with Gasteiger partial charge < -0.3 is 14.8 Å². The Morgan fingerprint density at radius 2 is 2.02 bits per heavy atom. The van der Waals surface area contributed by atoms with E-state index in [4.69, 9.17) is 9.51 Å². The van der Waals surface area contributed by atoms with Crippen LogP contribution in [-0.4, -0.2) is 40.8 Å². The van der Waals surface area contributed by atoms with Crippen LogP contribution in [0.25, 0.3) is 39.8 Å². The van der Waals surface area contributed by atoms with Crippen molar-refractivity contribution in [3.05, 3.63) is 83.4 Å². The Kier molecular flexibility index (Phi) is 5.74. The van der Waals surface area contributed by atoms with Gasteiger partial charge in [-0.1, -0.05) is 48.5 Å². The van der Waals surface area contributed by atoms with Crippen molar-refractivity contribution in [3.63, 3.8) is 0 Å². The Morgan fingerprint density at radius 1 is 1.17 bits per heavy atom. The second kappa shape index (κ2) is 9.36. The Hall–Kier alpha value is -4.86. The number of nitrogens with zero attached hydrogens (tertiary/aromatic N) is 6.